The molecule has 0 saturated carbocycles. The largest absolute Gasteiger partial charge is 0.478 e. The van der Waals surface area contributed by atoms with Crippen LogP contribution in [0.25, 0.3) is 11.3 Å². The molecule has 0 radical (unpaired) electrons. The van der Waals surface area contributed by atoms with Crippen molar-refractivity contribution in [1.29, 1.82) is 0 Å². The van der Waals surface area contributed by atoms with Gasteiger partial charge >= 0.3 is 12.1 Å². The lowest BCUT2D eigenvalue weighted by molar-refractivity contribution is 0.0498. The van der Waals surface area contributed by atoms with E-state index in [0.29, 0.717) is 35.1 Å². The van der Waals surface area contributed by atoms with Gasteiger partial charge in [0.15, 0.2) is 11.3 Å². The fraction of sp³-hybridized carbons (Fsp3) is 0.400. The standard InChI is InChI=1S/C23H29N5O3S.C22H25ClN4O2.C9H11NO4S.CH4/c1-14-8-9-19(26-32(5,30)31)18(11-14)23(29)27-10-6-7-15(2)22(27)20-12-21-24-17(4)16(3)13-28(21)25-20;1-14-8-7-11-26(22(28)29-13-17-9-5-4-6-10-17)20(14)18-12-19-24-16(3)15(2)21(23)27(19)25-18;1-6-3-4-8(10-15(2,13)14)7(5-6)9(11)12;/h8-9,11-13,15,22,26H,6-7,10H2,1-5H3;4-6,9-10,12,14,20H,7-8,11,13H2,1-3H3;3-5,10H,1-2H3,(H,11,12);1H4. The Hall–Kier alpha value is -7.10. The number of nitrogens with zero attached hydrogens (tertiary/aromatic N) is 8. The minimum Gasteiger partial charge on any atom is -0.478 e. The molecule has 2 amide bonds. The number of anilines is 2. The predicted octanol–water partition coefficient (Wildman–Crippen LogP) is 10.4. The lowest BCUT2D eigenvalue weighted by atomic mass is 9.88. The molecule has 22 heteroatoms. The zero-order valence-electron chi connectivity index (χ0n) is 44.3. The molecule has 0 spiro atoms. The molecular weight excluding hydrogens is 1040 g/mol. The highest BCUT2D eigenvalue weighted by molar-refractivity contribution is 7.92. The van der Waals surface area contributed by atoms with Crippen molar-refractivity contribution >= 4 is 72.3 Å². The first-order valence-corrected chi connectivity index (χ1v) is 29.0. The maximum absolute atomic E-state index is 13.8. The topological polar surface area (TPSA) is 240 Å². The number of hydrogen-bond acceptors (Lipinski definition) is 12. The number of fused-ring (bicyclic) bond motifs is 2. The van der Waals surface area contributed by atoms with Gasteiger partial charge in [0.1, 0.15) is 11.8 Å². The Balaban J connectivity index is 0.000000198. The fourth-order valence-electron chi connectivity index (χ4n) is 9.50. The number of aromatic nitrogens is 6. The van der Waals surface area contributed by atoms with Gasteiger partial charge in [-0.15, -0.1) is 0 Å². The molecule has 2 fully saturated rings. The third kappa shape index (κ3) is 14.5. The molecule has 3 N–H and O–H groups in total. The Bertz CT molecular complexity index is 3500. The molecule has 19 nitrogen and oxygen atoms in total. The van der Waals surface area contributed by atoms with E-state index < -0.39 is 26.0 Å². The minimum absolute atomic E-state index is 0. The maximum Gasteiger partial charge on any atom is 0.410 e. The Morgan fingerprint density at radius 1 is 0.701 bits per heavy atom. The highest BCUT2D eigenvalue weighted by atomic mass is 35.5. The first-order valence-electron chi connectivity index (χ1n) is 24.8. The van der Waals surface area contributed by atoms with E-state index in [0.717, 1.165) is 94.4 Å². The highest BCUT2D eigenvalue weighted by Crippen LogP contribution is 2.39. The number of amides is 2. The highest BCUT2D eigenvalue weighted by Gasteiger charge is 2.38. The van der Waals surface area contributed by atoms with Crippen LogP contribution in [0.3, 0.4) is 0 Å². The fourth-order valence-corrected chi connectivity index (χ4v) is 10.9. The number of carbonyl (C=O) groups is 3. The molecule has 2 saturated heterocycles. The number of carbonyl (C=O) groups excluding carboxylic acids is 2. The number of ether oxygens (including phenoxy) is 1. The second-order valence-electron chi connectivity index (χ2n) is 19.8. The van der Waals surface area contributed by atoms with Gasteiger partial charge in [0.2, 0.25) is 20.0 Å². The summed E-state index contributed by atoms with van der Waals surface area (Å²) in [4.78, 5) is 50.4. The van der Waals surface area contributed by atoms with Crippen molar-refractivity contribution in [2.24, 2.45) is 11.8 Å². The summed E-state index contributed by atoms with van der Waals surface area (Å²) in [6.45, 7) is 17.2. The molecule has 4 aromatic heterocycles. The van der Waals surface area contributed by atoms with Crippen molar-refractivity contribution in [2.45, 2.75) is 107 Å². The van der Waals surface area contributed by atoms with Gasteiger partial charge in [0.25, 0.3) is 5.91 Å². The first-order chi connectivity index (χ1) is 35.8. The first kappa shape index (κ1) is 59.1. The summed E-state index contributed by atoms with van der Waals surface area (Å²) in [5.74, 6) is -0.895. The van der Waals surface area contributed by atoms with Gasteiger partial charge in [0.05, 0.1) is 58.5 Å². The Labute approximate surface area is 456 Å². The zero-order valence-corrected chi connectivity index (χ0v) is 46.7. The molecule has 7 aromatic rings. The zero-order chi connectivity index (χ0) is 55.4. The molecule has 9 rings (SSSR count). The summed E-state index contributed by atoms with van der Waals surface area (Å²) >= 11 is 6.49. The number of aryl methyl sites for hydroxylation is 5. The van der Waals surface area contributed by atoms with E-state index in [-0.39, 0.29) is 61.2 Å². The third-order valence-electron chi connectivity index (χ3n) is 13.5. The van der Waals surface area contributed by atoms with Gasteiger partial charge in [-0.2, -0.15) is 10.2 Å². The van der Waals surface area contributed by atoms with E-state index >= 15 is 0 Å². The van der Waals surface area contributed by atoms with Gasteiger partial charge in [0, 0.05) is 48.4 Å². The van der Waals surface area contributed by atoms with E-state index in [2.05, 4.69) is 33.3 Å². The van der Waals surface area contributed by atoms with E-state index in [4.69, 9.17) is 31.6 Å². The van der Waals surface area contributed by atoms with Gasteiger partial charge < -0.3 is 14.7 Å². The van der Waals surface area contributed by atoms with Crippen LogP contribution in [-0.2, 0) is 31.4 Å². The Morgan fingerprint density at radius 2 is 1.22 bits per heavy atom. The minimum atomic E-state index is -3.52. The van der Waals surface area contributed by atoms with Crippen LogP contribution in [0.2, 0.25) is 5.15 Å². The summed E-state index contributed by atoms with van der Waals surface area (Å²) < 4.78 is 59.3. The maximum atomic E-state index is 13.8. The molecule has 4 atom stereocenters. The van der Waals surface area contributed by atoms with Gasteiger partial charge in [-0.05, 0) is 114 Å². The van der Waals surface area contributed by atoms with Gasteiger partial charge in [-0.25, -0.2) is 45.4 Å². The number of halogens is 1. The number of carboxylic acid groups (broad SMARTS) is 1. The molecule has 0 bridgehead atoms. The second kappa shape index (κ2) is 24.5. The number of hydrogen-bond donors (Lipinski definition) is 3. The number of aromatic carboxylic acids is 1. The molecule has 2 aliphatic rings. The second-order valence-corrected chi connectivity index (χ2v) is 23.7. The van der Waals surface area contributed by atoms with Gasteiger partial charge in [-0.1, -0.05) is 86.5 Å². The van der Waals surface area contributed by atoms with E-state index in [1.165, 1.54) is 12.1 Å². The monoisotopic (exact) mass is 1110 g/mol. The average molecular weight is 1110 g/mol. The molecule has 77 heavy (non-hydrogen) atoms. The van der Waals surface area contributed by atoms with Crippen LogP contribution < -0.4 is 9.44 Å². The lowest BCUT2D eigenvalue weighted by Gasteiger charge is -2.39. The predicted molar refractivity (Wildman–Crippen MR) is 300 cm³/mol. The molecule has 4 unspecified atom stereocenters. The number of sulfonamides is 2. The van der Waals surface area contributed by atoms with Crippen LogP contribution in [0, 0.1) is 53.4 Å². The van der Waals surface area contributed by atoms with Crippen LogP contribution in [0.4, 0.5) is 16.2 Å². The summed E-state index contributed by atoms with van der Waals surface area (Å²) in [7, 11) is -6.98. The molecule has 2 aliphatic heterocycles. The Morgan fingerprint density at radius 3 is 1.81 bits per heavy atom. The van der Waals surface area contributed by atoms with Crippen LogP contribution in [-0.4, -0.2) is 105 Å². The van der Waals surface area contributed by atoms with Crippen molar-refractivity contribution < 1.29 is 41.1 Å². The average Bonchev–Trinajstić information content (AvgIpc) is 4.00. The summed E-state index contributed by atoms with van der Waals surface area (Å²) in [5, 5.41) is 18.9. The Kier molecular flexibility index (Phi) is 18.8. The van der Waals surface area contributed by atoms with Crippen molar-refractivity contribution in [3.63, 3.8) is 0 Å². The number of carboxylic acids is 1. The van der Waals surface area contributed by atoms with Crippen LogP contribution in [0.1, 0.15) is 130 Å². The van der Waals surface area contributed by atoms with E-state index in [9.17, 15) is 31.2 Å². The normalized spacial score (nSPS) is 17.5. The van der Waals surface area contributed by atoms with Crippen molar-refractivity contribution in [3.05, 3.63) is 152 Å². The van der Waals surface area contributed by atoms with Gasteiger partial charge in [-0.3, -0.25) is 19.1 Å². The van der Waals surface area contributed by atoms with Crippen molar-refractivity contribution in [2.75, 3.05) is 35.0 Å². The van der Waals surface area contributed by atoms with Crippen LogP contribution in [0.15, 0.2) is 85.1 Å². The molecule has 6 heterocycles. The van der Waals surface area contributed by atoms with Crippen LogP contribution >= 0.6 is 11.6 Å². The van der Waals surface area contributed by atoms with Crippen molar-refractivity contribution in [3.8, 4) is 0 Å². The molecular formula is C55H69ClN10O9S2. The molecule has 3 aromatic carbocycles. The summed E-state index contributed by atoms with van der Waals surface area (Å²) in [5.41, 5.74) is 10.1. The number of nitrogens with one attached hydrogen (secondary N) is 2. The third-order valence-corrected chi connectivity index (χ3v) is 15.1. The lowest BCUT2D eigenvalue weighted by Crippen LogP contribution is -2.42. The number of piperidine rings is 2. The number of benzene rings is 3. The molecule has 412 valence electrons. The van der Waals surface area contributed by atoms with Crippen molar-refractivity contribution in [1.82, 2.24) is 39.0 Å². The van der Waals surface area contributed by atoms with Crippen LogP contribution in [0.5, 0.6) is 0 Å². The van der Waals surface area contributed by atoms with E-state index in [1.54, 1.807) is 45.1 Å². The summed E-state index contributed by atoms with van der Waals surface area (Å²) in [6.07, 6.45) is 7.54. The quantitative estimate of drug-likeness (QED) is 0.108. The summed E-state index contributed by atoms with van der Waals surface area (Å²) in [6, 6.07) is 22.9. The van der Waals surface area contributed by atoms with E-state index in [1.807, 2.05) is 88.2 Å². The smallest absolute Gasteiger partial charge is 0.410 e. The molecule has 0 aliphatic carbocycles. The number of likely N-dealkylation sites (tertiary alicyclic amines) is 2. The SMILES string of the molecule is C.Cc1ccc(NS(C)(=O)=O)c(C(=O)N2CCCC(C)C2c2cc3nc(C)c(C)cn3n2)c1.Cc1ccc(NS(C)(=O)=O)c(C(=O)O)c1.Cc1nc2cc(C3C(C)CCCN3C(=O)OCc3ccccc3)nn2c(Cl)c1C. The number of rotatable bonds is 10.